The summed E-state index contributed by atoms with van der Waals surface area (Å²) in [6, 6.07) is 0. The van der Waals surface area contributed by atoms with Gasteiger partial charge in [-0.25, -0.2) is 4.79 Å². The van der Waals surface area contributed by atoms with Crippen molar-refractivity contribution in [2.24, 2.45) is 0 Å². The van der Waals surface area contributed by atoms with Crippen LogP contribution >= 0.6 is 0 Å². The average molecular weight is 192 g/mol. The molecule has 0 bridgehead atoms. The molecule has 0 unspecified atom stereocenters. The number of carbonyl (C=O) groups is 1. The van der Waals surface area contributed by atoms with Crippen molar-refractivity contribution in [3.05, 3.63) is 23.8 Å². The Balaban J connectivity index is 4.10. The van der Waals surface area contributed by atoms with Crippen LogP contribution in [0.5, 0.6) is 0 Å². The molecule has 0 aromatic carbocycles. The van der Waals surface area contributed by atoms with Gasteiger partial charge in [0.2, 0.25) is 0 Å². The summed E-state index contributed by atoms with van der Waals surface area (Å²) in [6.07, 6.45) is 0.576. The Labute approximate surface area is 70.1 Å². The Morgan fingerprint density at radius 3 is 2.42 bits per heavy atom. The highest BCUT2D eigenvalue weighted by Crippen LogP contribution is 1.93. The summed E-state index contributed by atoms with van der Waals surface area (Å²) >= 11 is 0. The minimum Gasteiger partial charge on any atom is -0.430 e. The first-order valence-corrected chi connectivity index (χ1v) is 4.34. The molecule has 0 heterocycles. The van der Waals surface area contributed by atoms with Crippen LogP contribution in [0.2, 0.25) is 0 Å². The standard InChI is InChI=1S/C6H8O5S/c1-5(2)6(7)11-3-4-12(8,9)10/h3-4H,1H2,2H3,(H,8,9,10)/b4-3+. The lowest BCUT2D eigenvalue weighted by atomic mass is 10.4. The molecule has 68 valence electrons. The monoisotopic (exact) mass is 192 g/mol. The first-order chi connectivity index (χ1) is 5.33. The SMILES string of the molecule is C=C(C)C(=O)O/C=C/S(=O)(=O)O. The molecule has 0 aliphatic carbocycles. The van der Waals surface area contributed by atoms with Gasteiger partial charge >= 0.3 is 5.97 Å². The zero-order valence-corrected chi connectivity index (χ0v) is 7.17. The number of ether oxygens (including phenoxy) is 1. The molecule has 0 rings (SSSR count). The second-order valence-electron chi connectivity index (χ2n) is 1.97. The first-order valence-electron chi connectivity index (χ1n) is 2.83. The van der Waals surface area contributed by atoms with Crippen molar-refractivity contribution in [1.82, 2.24) is 0 Å². The molecule has 0 atom stereocenters. The van der Waals surface area contributed by atoms with E-state index in [1.54, 1.807) is 0 Å². The van der Waals surface area contributed by atoms with Gasteiger partial charge in [-0.1, -0.05) is 6.58 Å². The van der Waals surface area contributed by atoms with Gasteiger partial charge < -0.3 is 4.74 Å². The van der Waals surface area contributed by atoms with Gasteiger partial charge in [-0.3, -0.25) is 4.55 Å². The fourth-order valence-electron chi connectivity index (χ4n) is 0.260. The number of esters is 1. The molecule has 12 heavy (non-hydrogen) atoms. The minimum absolute atomic E-state index is 0.134. The molecule has 0 amide bonds. The summed E-state index contributed by atoms with van der Waals surface area (Å²) in [4.78, 5) is 10.6. The quantitative estimate of drug-likeness (QED) is 0.304. The van der Waals surface area contributed by atoms with Crippen molar-refractivity contribution in [1.29, 1.82) is 0 Å². The van der Waals surface area contributed by atoms with Crippen LogP contribution in [0.3, 0.4) is 0 Å². The summed E-state index contributed by atoms with van der Waals surface area (Å²) < 4.78 is 32.4. The second kappa shape index (κ2) is 4.03. The van der Waals surface area contributed by atoms with Crippen LogP contribution < -0.4 is 0 Å². The summed E-state index contributed by atoms with van der Waals surface area (Å²) in [7, 11) is -4.23. The molecule has 0 saturated carbocycles. The van der Waals surface area contributed by atoms with Gasteiger partial charge in [0.05, 0.1) is 5.41 Å². The van der Waals surface area contributed by atoms with E-state index in [2.05, 4.69) is 11.3 Å². The van der Waals surface area contributed by atoms with E-state index in [1.807, 2.05) is 0 Å². The first kappa shape index (κ1) is 10.9. The molecule has 5 nitrogen and oxygen atoms in total. The molecule has 0 saturated heterocycles. The fraction of sp³-hybridized carbons (Fsp3) is 0.167. The van der Waals surface area contributed by atoms with Gasteiger partial charge in [-0.2, -0.15) is 8.42 Å². The van der Waals surface area contributed by atoms with Gasteiger partial charge in [-0.05, 0) is 6.92 Å². The van der Waals surface area contributed by atoms with Crippen molar-refractivity contribution >= 4 is 16.1 Å². The lowest BCUT2D eigenvalue weighted by molar-refractivity contribution is -0.133. The van der Waals surface area contributed by atoms with E-state index in [4.69, 9.17) is 4.55 Å². The molecule has 0 fully saturated rings. The lowest BCUT2D eigenvalue weighted by Crippen LogP contribution is -2.00. The Kier molecular flexibility index (Phi) is 3.65. The highest BCUT2D eigenvalue weighted by Gasteiger charge is 2.01. The predicted octanol–water partition coefficient (Wildman–Crippen LogP) is 0.465. The molecular weight excluding hydrogens is 184 g/mol. The molecule has 0 aromatic rings. The maximum absolute atomic E-state index is 10.6. The van der Waals surface area contributed by atoms with Gasteiger partial charge in [-0.15, -0.1) is 0 Å². The van der Waals surface area contributed by atoms with E-state index < -0.39 is 16.1 Å². The average Bonchev–Trinajstić information content (AvgIpc) is 1.84. The van der Waals surface area contributed by atoms with E-state index in [1.165, 1.54) is 6.92 Å². The van der Waals surface area contributed by atoms with E-state index in [0.29, 0.717) is 11.7 Å². The molecule has 1 N–H and O–H groups in total. The zero-order valence-electron chi connectivity index (χ0n) is 6.35. The maximum atomic E-state index is 10.6. The van der Waals surface area contributed by atoms with Crippen LogP contribution in [0, 0.1) is 0 Å². The van der Waals surface area contributed by atoms with Crippen LogP contribution in [-0.4, -0.2) is 18.9 Å². The van der Waals surface area contributed by atoms with E-state index in [-0.39, 0.29) is 5.57 Å². The minimum atomic E-state index is -4.23. The van der Waals surface area contributed by atoms with Crippen molar-refractivity contribution in [2.45, 2.75) is 6.92 Å². The van der Waals surface area contributed by atoms with Crippen LogP contribution in [0.1, 0.15) is 6.92 Å². The topological polar surface area (TPSA) is 80.7 Å². The van der Waals surface area contributed by atoms with E-state index in [0.717, 1.165) is 0 Å². The molecule has 0 radical (unpaired) electrons. The van der Waals surface area contributed by atoms with Crippen LogP contribution in [0.25, 0.3) is 0 Å². The normalized spacial score (nSPS) is 11.5. The highest BCUT2D eigenvalue weighted by molar-refractivity contribution is 7.88. The van der Waals surface area contributed by atoms with Gasteiger partial charge in [0.15, 0.2) is 0 Å². The van der Waals surface area contributed by atoms with E-state index >= 15 is 0 Å². The summed E-state index contributed by atoms with van der Waals surface area (Å²) in [5, 5.41) is 0.355. The Hall–Kier alpha value is -1.14. The Bertz CT molecular complexity index is 311. The fourth-order valence-corrected chi connectivity index (χ4v) is 0.456. The number of hydrogen-bond donors (Lipinski definition) is 1. The Morgan fingerprint density at radius 2 is 2.08 bits per heavy atom. The van der Waals surface area contributed by atoms with Crippen LogP contribution in [0.4, 0.5) is 0 Å². The van der Waals surface area contributed by atoms with Crippen LogP contribution in [-0.2, 0) is 19.6 Å². The third kappa shape index (κ3) is 5.63. The molecule has 0 aromatic heterocycles. The number of rotatable bonds is 3. The van der Waals surface area contributed by atoms with Crippen molar-refractivity contribution in [3.63, 3.8) is 0 Å². The smallest absolute Gasteiger partial charge is 0.337 e. The number of hydrogen-bond acceptors (Lipinski definition) is 4. The summed E-state index contributed by atoms with van der Waals surface area (Å²) in [5.74, 6) is -0.755. The molecule has 0 aliphatic rings. The van der Waals surface area contributed by atoms with Crippen molar-refractivity contribution in [3.8, 4) is 0 Å². The second-order valence-corrected chi connectivity index (χ2v) is 3.27. The predicted molar refractivity (Wildman–Crippen MR) is 41.6 cm³/mol. The van der Waals surface area contributed by atoms with Crippen molar-refractivity contribution in [2.75, 3.05) is 0 Å². The molecular formula is C6H8O5S. The maximum Gasteiger partial charge on any atom is 0.337 e. The largest absolute Gasteiger partial charge is 0.430 e. The van der Waals surface area contributed by atoms with Crippen LogP contribution in [0.15, 0.2) is 23.8 Å². The van der Waals surface area contributed by atoms with Crippen molar-refractivity contribution < 1.29 is 22.5 Å². The Morgan fingerprint density at radius 1 is 1.58 bits per heavy atom. The third-order valence-electron chi connectivity index (χ3n) is 0.751. The van der Waals surface area contributed by atoms with E-state index in [9.17, 15) is 13.2 Å². The van der Waals surface area contributed by atoms with Gasteiger partial charge in [0.1, 0.15) is 6.26 Å². The third-order valence-corrected chi connectivity index (χ3v) is 1.21. The number of carbonyl (C=O) groups excluding carboxylic acids is 1. The molecule has 0 aliphatic heterocycles. The van der Waals surface area contributed by atoms with Gasteiger partial charge in [0, 0.05) is 5.57 Å². The highest BCUT2D eigenvalue weighted by atomic mass is 32.2. The zero-order chi connectivity index (χ0) is 9.78. The molecule has 0 spiro atoms. The molecule has 6 heteroatoms. The van der Waals surface area contributed by atoms with Gasteiger partial charge in [0.25, 0.3) is 10.1 Å². The summed E-state index contributed by atoms with van der Waals surface area (Å²) in [6.45, 7) is 4.66. The summed E-state index contributed by atoms with van der Waals surface area (Å²) in [5.41, 5.74) is 0.134. The lowest BCUT2D eigenvalue weighted by Gasteiger charge is -1.94.